The van der Waals surface area contributed by atoms with Crippen molar-refractivity contribution >= 4 is 16.9 Å². The molecule has 0 N–H and O–H groups in total. The molecule has 5 nitrogen and oxygen atoms in total. The zero-order valence-corrected chi connectivity index (χ0v) is 19.3. The number of hydrogen-bond donors (Lipinski definition) is 0. The number of hydrogen-bond acceptors (Lipinski definition) is 3. The molecule has 33 heavy (non-hydrogen) atoms. The van der Waals surface area contributed by atoms with E-state index in [1.807, 2.05) is 72.5 Å². The molecule has 2 aliphatic rings. The number of aromatic nitrogens is 1. The van der Waals surface area contributed by atoms with E-state index >= 15 is 0 Å². The summed E-state index contributed by atoms with van der Waals surface area (Å²) in [6, 6.07) is 20.1. The van der Waals surface area contributed by atoms with Crippen molar-refractivity contribution in [3.63, 3.8) is 0 Å². The number of ketones is 1. The van der Waals surface area contributed by atoms with E-state index in [-0.39, 0.29) is 5.78 Å². The van der Waals surface area contributed by atoms with Gasteiger partial charge in [0.2, 0.25) is 0 Å². The smallest absolute Gasteiger partial charge is 0.195 e. The molecule has 5 heteroatoms. The number of allylic oxidation sites excluding steroid dienone is 1. The maximum Gasteiger partial charge on any atom is 0.195 e. The molecule has 0 bridgehead atoms. The number of aryl methyl sites for hydroxylation is 1. The Hall–Kier alpha value is -3.28. The summed E-state index contributed by atoms with van der Waals surface area (Å²) < 4.78 is 14.5. The van der Waals surface area contributed by atoms with Gasteiger partial charge in [0.25, 0.3) is 0 Å². The average Bonchev–Trinajstić information content (AvgIpc) is 3.12. The summed E-state index contributed by atoms with van der Waals surface area (Å²) in [5.41, 5.74) is 5.37. The van der Waals surface area contributed by atoms with Gasteiger partial charge in [-0.3, -0.25) is 4.79 Å². The summed E-state index contributed by atoms with van der Waals surface area (Å²) in [5.74, 6) is 0.793. The largest absolute Gasteiger partial charge is 0.488 e. The van der Waals surface area contributed by atoms with Crippen LogP contribution in [0.3, 0.4) is 0 Å². The van der Waals surface area contributed by atoms with E-state index < -0.39 is 0 Å². The highest BCUT2D eigenvalue weighted by atomic mass is 16.5. The van der Waals surface area contributed by atoms with Crippen molar-refractivity contribution in [2.45, 2.75) is 0 Å². The van der Waals surface area contributed by atoms with Gasteiger partial charge in [0.1, 0.15) is 39.0 Å². The Balaban J connectivity index is 1.45. The molecule has 1 aliphatic heterocycles. The van der Waals surface area contributed by atoms with Crippen molar-refractivity contribution in [2.75, 3.05) is 46.5 Å². The van der Waals surface area contributed by atoms with Gasteiger partial charge in [0.15, 0.2) is 18.2 Å². The number of morpholine rings is 1. The lowest BCUT2D eigenvalue weighted by Crippen LogP contribution is -2.53. The minimum absolute atomic E-state index is 0.0488. The zero-order chi connectivity index (χ0) is 22.8. The van der Waals surface area contributed by atoms with Crippen molar-refractivity contribution in [1.82, 2.24) is 0 Å². The van der Waals surface area contributed by atoms with Gasteiger partial charge < -0.3 is 14.0 Å². The summed E-state index contributed by atoms with van der Waals surface area (Å²) in [7, 11) is 4.22. The summed E-state index contributed by atoms with van der Waals surface area (Å²) in [4.78, 5) is 13.7. The Labute approximate surface area is 195 Å². The van der Waals surface area contributed by atoms with Crippen molar-refractivity contribution in [1.29, 1.82) is 0 Å². The molecule has 1 saturated heterocycles. The number of benzene rings is 2. The highest BCUT2D eigenvalue weighted by molar-refractivity contribution is 6.41. The van der Waals surface area contributed by atoms with Gasteiger partial charge in [-0.1, -0.05) is 30.3 Å². The first-order valence-corrected chi connectivity index (χ1v) is 11.5. The van der Waals surface area contributed by atoms with Crippen LogP contribution in [-0.2, 0) is 11.8 Å². The second-order valence-corrected chi connectivity index (χ2v) is 9.16. The fourth-order valence-electron chi connectivity index (χ4n) is 4.71. The lowest BCUT2D eigenvalue weighted by molar-refractivity contribution is -0.916. The van der Waals surface area contributed by atoms with Gasteiger partial charge >= 0.3 is 0 Å². The van der Waals surface area contributed by atoms with Crippen LogP contribution < -0.4 is 9.30 Å². The van der Waals surface area contributed by atoms with Gasteiger partial charge in [-0.2, -0.15) is 0 Å². The van der Waals surface area contributed by atoms with Gasteiger partial charge in [0.05, 0.1) is 25.8 Å². The van der Waals surface area contributed by atoms with Gasteiger partial charge in [-0.15, -0.1) is 0 Å². The Morgan fingerprint density at radius 2 is 1.70 bits per heavy atom. The summed E-state index contributed by atoms with van der Waals surface area (Å²) in [6.45, 7) is 5.16. The van der Waals surface area contributed by atoms with E-state index in [4.69, 9.17) is 9.47 Å². The van der Waals surface area contributed by atoms with Crippen LogP contribution in [0.1, 0.15) is 27.0 Å². The van der Waals surface area contributed by atoms with Gasteiger partial charge in [-0.05, 0) is 35.4 Å². The molecule has 1 aliphatic carbocycles. The SMILES string of the molecule is C[n+]1cccc(C2=C(c3ccccc3)c3ccc(OCC[N+]4(C)CCOCC4)cc3C2=O)c1. The van der Waals surface area contributed by atoms with Crippen LogP contribution in [0.15, 0.2) is 73.1 Å². The molecule has 5 rings (SSSR count). The maximum atomic E-state index is 13.7. The lowest BCUT2D eigenvalue weighted by Gasteiger charge is -2.37. The molecular formula is C28H30N2O3+2. The Bertz CT molecular complexity index is 1210. The van der Waals surface area contributed by atoms with Crippen LogP contribution in [-0.4, -0.2) is 56.8 Å². The molecule has 0 amide bonds. The van der Waals surface area contributed by atoms with Crippen LogP contribution in [0.4, 0.5) is 0 Å². The Kier molecular flexibility index (Phi) is 5.83. The number of Topliss-reactive ketones (excluding diaryl/α,β-unsaturated/α-hetero) is 1. The molecule has 0 atom stereocenters. The molecule has 0 unspecified atom stereocenters. The van der Waals surface area contributed by atoms with Gasteiger partial charge in [0, 0.05) is 22.8 Å². The minimum Gasteiger partial charge on any atom is -0.488 e. The highest BCUT2D eigenvalue weighted by Gasteiger charge is 2.33. The van der Waals surface area contributed by atoms with Crippen LogP contribution >= 0.6 is 0 Å². The minimum atomic E-state index is 0.0488. The predicted octanol–water partition coefficient (Wildman–Crippen LogP) is 3.52. The van der Waals surface area contributed by atoms with Crippen molar-refractivity contribution < 1.29 is 23.3 Å². The number of likely N-dealkylation sites (N-methyl/N-ethyl adjacent to an activating group) is 1. The van der Waals surface area contributed by atoms with E-state index in [1.165, 1.54) is 0 Å². The first kappa shape index (κ1) is 21.6. The van der Waals surface area contributed by atoms with Crippen LogP contribution in [0, 0.1) is 0 Å². The second kappa shape index (κ2) is 8.93. The monoisotopic (exact) mass is 442 g/mol. The molecule has 2 aromatic carbocycles. The molecule has 3 aromatic rings. The first-order chi connectivity index (χ1) is 16.0. The van der Waals surface area contributed by atoms with Crippen molar-refractivity contribution in [3.8, 4) is 5.75 Å². The Morgan fingerprint density at radius 3 is 2.45 bits per heavy atom. The second-order valence-electron chi connectivity index (χ2n) is 9.16. The standard InChI is InChI=1S/C28H30N2O3/c1-29-12-6-9-22(20-29)27-26(21-7-4-3-5-8-21)24-11-10-23(19-25(24)28(27)31)33-18-15-30(2)13-16-32-17-14-30/h3-12,19-20H,13-18H2,1-2H3/q+2. The fourth-order valence-corrected chi connectivity index (χ4v) is 4.71. The van der Waals surface area contributed by atoms with E-state index in [9.17, 15) is 4.79 Å². The maximum absolute atomic E-state index is 13.7. The number of quaternary nitrogens is 1. The normalized spacial score (nSPS) is 17.2. The first-order valence-electron chi connectivity index (χ1n) is 11.5. The molecule has 2 heterocycles. The topological polar surface area (TPSA) is 39.4 Å². The third kappa shape index (κ3) is 4.34. The number of carbonyl (C=O) groups is 1. The van der Waals surface area contributed by atoms with E-state index in [2.05, 4.69) is 19.2 Å². The number of ether oxygens (including phenoxy) is 2. The molecule has 1 aromatic heterocycles. The van der Waals surface area contributed by atoms with E-state index in [0.29, 0.717) is 12.2 Å². The molecular weight excluding hydrogens is 412 g/mol. The summed E-state index contributed by atoms with van der Waals surface area (Å²) >= 11 is 0. The number of pyridine rings is 1. The quantitative estimate of drug-likeness (QED) is 0.433. The number of rotatable bonds is 6. The Morgan fingerprint density at radius 1 is 0.939 bits per heavy atom. The molecule has 0 saturated carbocycles. The summed E-state index contributed by atoms with van der Waals surface area (Å²) in [6.07, 6.45) is 3.98. The van der Waals surface area contributed by atoms with E-state index in [1.54, 1.807) is 0 Å². The lowest BCUT2D eigenvalue weighted by atomic mass is 9.95. The average molecular weight is 443 g/mol. The van der Waals surface area contributed by atoms with Crippen LogP contribution in [0.2, 0.25) is 0 Å². The predicted molar refractivity (Wildman–Crippen MR) is 128 cm³/mol. The van der Waals surface area contributed by atoms with E-state index in [0.717, 1.165) is 70.9 Å². The molecule has 0 radical (unpaired) electrons. The summed E-state index contributed by atoms with van der Waals surface area (Å²) in [5, 5.41) is 0. The third-order valence-corrected chi connectivity index (χ3v) is 6.72. The zero-order valence-electron chi connectivity index (χ0n) is 19.3. The molecule has 0 spiro atoms. The third-order valence-electron chi connectivity index (χ3n) is 6.72. The highest BCUT2D eigenvalue weighted by Crippen LogP contribution is 2.43. The van der Waals surface area contributed by atoms with Crippen molar-refractivity contribution in [2.24, 2.45) is 7.05 Å². The van der Waals surface area contributed by atoms with Gasteiger partial charge in [-0.25, -0.2) is 4.57 Å². The van der Waals surface area contributed by atoms with Crippen LogP contribution in [0.5, 0.6) is 5.75 Å². The number of fused-ring (bicyclic) bond motifs is 1. The molecule has 1 fully saturated rings. The number of nitrogens with zero attached hydrogens (tertiary/aromatic N) is 2. The fraction of sp³-hybridized carbons (Fsp3) is 0.286. The van der Waals surface area contributed by atoms with Crippen LogP contribution in [0.25, 0.3) is 11.1 Å². The number of carbonyl (C=O) groups excluding carboxylic acids is 1. The van der Waals surface area contributed by atoms with Crippen molar-refractivity contribution in [3.05, 3.63) is 95.3 Å². The molecule has 168 valence electrons.